The molecule has 1 saturated heterocycles. The van der Waals surface area contributed by atoms with Gasteiger partial charge in [0.05, 0.1) is 23.1 Å². The first-order chi connectivity index (χ1) is 19.6. The number of benzene rings is 3. The summed E-state index contributed by atoms with van der Waals surface area (Å²) < 4.78 is 12.0. The van der Waals surface area contributed by atoms with Crippen LogP contribution in [0.1, 0.15) is 56.2 Å². The summed E-state index contributed by atoms with van der Waals surface area (Å²) >= 11 is 1.57. The Kier molecular flexibility index (Phi) is 8.98. The van der Waals surface area contributed by atoms with E-state index < -0.39 is 0 Å². The average molecular weight is 554 g/mol. The number of thioether (sulfide) groups is 1. The molecule has 3 aromatic rings. The Morgan fingerprint density at radius 2 is 1.80 bits per heavy atom. The van der Waals surface area contributed by atoms with Gasteiger partial charge in [0.25, 0.3) is 5.91 Å². The predicted octanol–water partition coefficient (Wildman–Crippen LogP) is 7.43. The van der Waals surface area contributed by atoms with E-state index in [1.807, 2.05) is 79.7 Å². The van der Waals surface area contributed by atoms with Gasteiger partial charge in [-0.1, -0.05) is 74.0 Å². The van der Waals surface area contributed by atoms with E-state index in [9.17, 15) is 10.1 Å². The number of nitrogens with zero attached hydrogens (tertiary/aromatic N) is 2. The maximum Gasteiger partial charge on any atom is 0.262 e. The van der Waals surface area contributed by atoms with E-state index in [2.05, 4.69) is 23.2 Å². The average Bonchev–Trinajstić information content (AvgIpc) is 3.27. The SMILES string of the molecule is CCOc1cc(/C=C2\SC(Nc3ccccc3)N([C@H]3CCCC[C@@H]3C)C2=O)ccc1OCc1ccccc1C#N. The lowest BCUT2D eigenvalue weighted by Gasteiger charge is -2.39. The van der Waals surface area contributed by atoms with Crippen molar-refractivity contribution in [3.63, 3.8) is 0 Å². The summed E-state index contributed by atoms with van der Waals surface area (Å²) in [6.07, 6.45) is 6.51. The first-order valence-electron chi connectivity index (χ1n) is 14.0. The van der Waals surface area contributed by atoms with Crippen molar-refractivity contribution in [2.75, 3.05) is 11.9 Å². The first kappa shape index (κ1) is 27.7. The molecule has 2 aliphatic rings. The number of carbonyl (C=O) groups excluding carboxylic acids is 1. The quantitative estimate of drug-likeness (QED) is 0.278. The number of rotatable bonds is 9. The van der Waals surface area contributed by atoms with Crippen molar-refractivity contribution < 1.29 is 14.3 Å². The number of nitriles is 1. The van der Waals surface area contributed by atoms with Crippen LogP contribution in [0.5, 0.6) is 11.5 Å². The molecule has 1 amide bonds. The highest BCUT2D eigenvalue weighted by Gasteiger charge is 2.42. The molecule has 3 aromatic carbocycles. The van der Waals surface area contributed by atoms with Crippen LogP contribution in [-0.4, -0.2) is 29.0 Å². The molecule has 1 unspecified atom stereocenters. The van der Waals surface area contributed by atoms with Gasteiger partial charge < -0.3 is 19.7 Å². The molecule has 1 heterocycles. The number of nitrogens with one attached hydrogen (secondary N) is 1. The number of hydrogen-bond acceptors (Lipinski definition) is 6. The number of para-hydroxylation sites is 1. The van der Waals surface area contributed by atoms with Crippen molar-refractivity contribution in [3.05, 3.63) is 94.4 Å². The number of ether oxygens (including phenoxy) is 2. The molecule has 1 aliphatic carbocycles. The zero-order chi connectivity index (χ0) is 27.9. The number of carbonyl (C=O) groups is 1. The van der Waals surface area contributed by atoms with Crippen LogP contribution in [-0.2, 0) is 11.4 Å². The monoisotopic (exact) mass is 553 g/mol. The second-order valence-electron chi connectivity index (χ2n) is 10.2. The molecular formula is C33H35N3O3S. The Balaban J connectivity index is 1.39. The molecule has 0 bridgehead atoms. The van der Waals surface area contributed by atoms with E-state index in [1.165, 1.54) is 6.42 Å². The van der Waals surface area contributed by atoms with E-state index in [0.717, 1.165) is 36.1 Å². The van der Waals surface area contributed by atoms with Crippen LogP contribution >= 0.6 is 11.8 Å². The lowest BCUT2D eigenvalue weighted by Crippen LogP contribution is -2.48. The smallest absolute Gasteiger partial charge is 0.262 e. The Hall–Kier alpha value is -3.89. The third kappa shape index (κ3) is 6.29. The van der Waals surface area contributed by atoms with E-state index in [1.54, 1.807) is 17.8 Å². The lowest BCUT2D eigenvalue weighted by atomic mass is 9.85. The molecule has 0 spiro atoms. The number of anilines is 1. The maximum absolute atomic E-state index is 13.9. The number of hydrogen-bond donors (Lipinski definition) is 1. The topological polar surface area (TPSA) is 74.6 Å². The van der Waals surface area contributed by atoms with Gasteiger partial charge in [0.2, 0.25) is 0 Å². The molecule has 40 heavy (non-hydrogen) atoms. The van der Waals surface area contributed by atoms with Crippen molar-refractivity contribution >= 4 is 29.4 Å². The second-order valence-corrected chi connectivity index (χ2v) is 11.3. The Labute approximate surface area is 241 Å². The van der Waals surface area contributed by atoms with Gasteiger partial charge in [-0.2, -0.15) is 5.26 Å². The van der Waals surface area contributed by atoms with Gasteiger partial charge in [-0.25, -0.2) is 0 Å². The normalized spacial score (nSPS) is 21.7. The fourth-order valence-electron chi connectivity index (χ4n) is 5.43. The van der Waals surface area contributed by atoms with Crippen molar-refractivity contribution in [1.29, 1.82) is 5.26 Å². The Morgan fingerprint density at radius 1 is 1.02 bits per heavy atom. The third-order valence-corrected chi connectivity index (χ3v) is 8.62. The summed E-state index contributed by atoms with van der Waals surface area (Å²) in [5, 5.41) is 13.0. The summed E-state index contributed by atoms with van der Waals surface area (Å²) in [6, 6.07) is 25.7. The van der Waals surface area contributed by atoms with Crippen molar-refractivity contribution in [1.82, 2.24) is 4.90 Å². The van der Waals surface area contributed by atoms with Crippen LogP contribution in [0.4, 0.5) is 5.69 Å². The summed E-state index contributed by atoms with van der Waals surface area (Å²) in [7, 11) is 0. The summed E-state index contributed by atoms with van der Waals surface area (Å²) in [6.45, 7) is 4.94. The summed E-state index contributed by atoms with van der Waals surface area (Å²) in [5.41, 5.74) is 3.12. The van der Waals surface area contributed by atoms with Crippen LogP contribution in [0.3, 0.4) is 0 Å². The highest BCUT2D eigenvalue weighted by molar-refractivity contribution is 8.05. The van der Waals surface area contributed by atoms with Gasteiger partial charge in [-0.15, -0.1) is 0 Å². The zero-order valence-corrected chi connectivity index (χ0v) is 23.8. The molecule has 0 radical (unpaired) electrons. The van der Waals surface area contributed by atoms with Gasteiger partial charge in [0, 0.05) is 17.3 Å². The highest BCUT2D eigenvalue weighted by atomic mass is 32.2. The minimum Gasteiger partial charge on any atom is -0.490 e. The van der Waals surface area contributed by atoms with E-state index in [0.29, 0.717) is 34.5 Å². The van der Waals surface area contributed by atoms with Gasteiger partial charge in [0.1, 0.15) is 6.61 Å². The standard InChI is InChI=1S/C33H35N3O3S/c1-3-38-30-19-24(17-18-29(30)39-22-26-13-9-8-12-25(26)21-34)20-31-32(37)36(28-16-10-7-11-23(28)2)33(40-31)35-27-14-5-4-6-15-27/h4-6,8-9,12-15,17-20,23,28,33,35H,3,7,10-11,16,22H2,1-2H3/b31-20-/t23-,28-,33?/m0/s1. The van der Waals surface area contributed by atoms with E-state index >= 15 is 0 Å². The van der Waals surface area contributed by atoms with E-state index in [4.69, 9.17) is 9.47 Å². The van der Waals surface area contributed by atoms with Crippen molar-refractivity contribution in [2.24, 2.45) is 5.92 Å². The summed E-state index contributed by atoms with van der Waals surface area (Å²) in [5.74, 6) is 1.75. The fourth-order valence-corrected chi connectivity index (χ4v) is 6.64. The molecule has 7 heteroatoms. The first-order valence-corrected chi connectivity index (χ1v) is 14.9. The van der Waals surface area contributed by atoms with Crippen LogP contribution in [0.2, 0.25) is 0 Å². The molecule has 5 rings (SSSR count). The van der Waals surface area contributed by atoms with Gasteiger partial charge >= 0.3 is 0 Å². The molecule has 2 fully saturated rings. The van der Waals surface area contributed by atoms with E-state index in [-0.39, 0.29) is 24.1 Å². The maximum atomic E-state index is 13.9. The minimum atomic E-state index is -0.166. The van der Waals surface area contributed by atoms with Crippen molar-refractivity contribution in [2.45, 2.75) is 57.7 Å². The van der Waals surface area contributed by atoms with Gasteiger partial charge in [-0.3, -0.25) is 4.79 Å². The van der Waals surface area contributed by atoms with Crippen LogP contribution < -0.4 is 14.8 Å². The summed E-state index contributed by atoms with van der Waals surface area (Å²) in [4.78, 5) is 16.7. The fraction of sp³-hybridized carbons (Fsp3) is 0.333. The third-order valence-electron chi connectivity index (χ3n) is 7.51. The molecular weight excluding hydrogens is 518 g/mol. The molecule has 6 nitrogen and oxygen atoms in total. The second kappa shape index (κ2) is 13.0. The largest absolute Gasteiger partial charge is 0.490 e. The van der Waals surface area contributed by atoms with Gasteiger partial charge in [0.15, 0.2) is 17.0 Å². The van der Waals surface area contributed by atoms with Gasteiger partial charge in [-0.05, 0) is 67.7 Å². The van der Waals surface area contributed by atoms with Crippen LogP contribution in [0.25, 0.3) is 6.08 Å². The predicted molar refractivity (Wildman–Crippen MR) is 161 cm³/mol. The molecule has 3 atom stereocenters. The van der Waals surface area contributed by atoms with Crippen LogP contribution in [0.15, 0.2) is 77.7 Å². The Morgan fingerprint density at radius 3 is 2.58 bits per heavy atom. The lowest BCUT2D eigenvalue weighted by molar-refractivity contribution is -0.129. The van der Waals surface area contributed by atoms with Crippen LogP contribution in [0, 0.1) is 17.2 Å². The molecule has 1 aliphatic heterocycles. The van der Waals surface area contributed by atoms with Crippen molar-refractivity contribution in [3.8, 4) is 17.6 Å². The minimum absolute atomic E-state index is 0.0728. The molecule has 206 valence electrons. The Bertz CT molecular complexity index is 1400. The molecule has 1 N–H and O–H groups in total. The number of amides is 1. The zero-order valence-electron chi connectivity index (χ0n) is 23.0. The highest BCUT2D eigenvalue weighted by Crippen LogP contribution is 2.42. The molecule has 1 saturated carbocycles. The molecule has 0 aromatic heterocycles.